The van der Waals surface area contributed by atoms with Crippen LogP contribution in [0.25, 0.3) is 5.69 Å². The number of carbonyl (C=O) groups excluding carboxylic acids is 2. The van der Waals surface area contributed by atoms with Crippen molar-refractivity contribution in [2.24, 2.45) is 5.73 Å². The highest BCUT2D eigenvalue weighted by Crippen LogP contribution is 2.30. The summed E-state index contributed by atoms with van der Waals surface area (Å²) in [5, 5.41) is 25.0. The maximum absolute atomic E-state index is 12.4. The number of aromatic nitrogens is 4. The average Bonchev–Trinajstić information content (AvgIpc) is 3.22. The maximum atomic E-state index is 12.4. The Morgan fingerprint density at radius 3 is 2.72 bits per heavy atom. The van der Waals surface area contributed by atoms with Crippen molar-refractivity contribution in [3.8, 4) is 5.69 Å². The molecule has 0 spiro atoms. The van der Waals surface area contributed by atoms with Gasteiger partial charge in [-0.2, -0.15) is 0 Å². The Morgan fingerprint density at radius 2 is 2.07 bits per heavy atom. The second-order valence-electron chi connectivity index (χ2n) is 5.89. The third-order valence-electron chi connectivity index (χ3n) is 3.91. The first kappa shape index (κ1) is 19.9. The number of hydrogen-bond donors (Lipinski definition) is 2. The largest absolute Gasteiger partial charge is 0.366 e. The standard InChI is InChI=1S/C17H15N7O4S/c1-10-2-4-12(23-9-19-21-22-23)7-13(10)20-16(25)8-29-15-5-3-11(17(18)26)6-14(15)24(27)28/h2-7,9H,8H2,1H3,(H2,18,26)(H,20,25). The lowest BCUT2D eigenvalue weighted by atomic mass is 10.2. The summed E-state index contributed by atoms with van der Waals surface area (Å²) >= 11 is 0.988. The minimum Gasteiger partial charge on any atom is -0.366 e. The Kier molecular flexibility index (Phi) is 5.83. The van der Waals surface area contributed by atoms with Gasteiger partial charge >= 0.3 is 0 Å². The molecule has 1 aromatic heterocycles. The Labute approximate surface area is 168 Å². The van der Waals surface area contributed by atoms with Crippen molar-refractivity contribution in [2.75, 3.05) is 11.1 Å². The summed E-state index contributed by atoms with van der Waals surface area (Å²) in [6.45, 7) is 1.83. The van der Waals surface area contributed by atoms with Gasteiger partial charge in [0.25, 0.3) is 5.69 Å². The van der Waals surface area contributed by atoms with Crippen LogP contribution < -0.4 is 11.1 Å². The van der Waals surface area contributed by atoms with Crippen LogP contribution in [0.2, 0.25) is 0 Å². The van der Waals surface area contributed by atoms with E-state index in [2.05, 4.69) is 20.8 Å². The van der Waals surface area contributed by atoms with Crippen molar-refractivity contribution >= 4 is 35.0 Å². The number of rotatable bonds is 7. The molecule has 0 bridgehead atoms. The Hall–Kier alpha value is -3.80. The normalized spacial score (nSPS) is 10.5. The molecule has 0 atom stereocenters. The lowest BCUT2D eigenvalue weighted by Crippen LogP contribution is -2.15. The molecule has 0 aliphatic carbocycles. The van der Waals surface area contributed by atoms with E-state index >= 15 is 0 Å². The van der Waals surface area contributed by atoms with Crippen LogP contribution in [-0.2, 0) is 4.79 Å². The number of amides is 2. The number of anilines is 1. The number of nitrogens with two attached hydrogens (primary N) is 1. The molecule has 0 saturated carbocycles. The minimum absolute atomic E-state index is 0.0283. The van der Waals surface area contributed by atoms with Crippen LogP contribution in [0.15, 0.2) is 47.6 Å². The maximum Gasteiger partial charge on any atom is 0.283 e. The van der Waals surface area contributed by atoms with Gasteiger partial charge in [0, 0.05) is 17.3 Å². The highest BCUT2D eigenvalue weighted by molar-refractivity contribution is 8.00. The summed E-state index contributed by atoms with van der Waals surface area (Å²) in [5.41, 5.74) is 6.97. The molecule has 0 radical (unpaired) electrons. The van der Waals surface area contributed by atoms with Gasteiger partial charge in [0.1, 0.15) is 6.33 Å². The number of carbonyl (C=O) groups is 2. The topological polar surface area (TPSA) is 159 Å². The zero-order valence-corrected chi connectivity index (χ0v) is 15.9. The number of thioether (sulfide) groups is 1. The van der Waals surface area contributed by atoms with Gasteiger partial charge in [0.2, 0.25) is 11.8 Å². The summed E-state index contributed by atoms with van der Waals surface area (Å²) in [4.78, 5) is 34.5. The Morgan fingerprint density at radius 1 is 1.28 bits per heavy atom. The SMILES string of the molecule is Cc1ccc(-n2cnnn2)cc1NC(=O)CSc1ccc(C(N)=O)cc1[N+](=O)[O-]. The predicted molar refractivity (Wildman–Crippen MR) is 105 cm³/mol. The monoisotopic (exact) mass is 413 g/mol. The molecular weight excluding hydrogens is 398 g/mol. The van der Waals surface area contributed by atoms with E-state index in [1.807, 2.05) is 13.0 Å². The van der Waals surface area contributed by atoms with Gasteiger partial charge < -0.3 is 11.1 Å². The van der Waals surface area contributed by atoms with Gasteiger partial charge in [-0.3, -0.25) is 19.7 Å². The van der Waals surface area contributed by atoms with Crippen molar-refractivity contribution in [1.29, 1.82) is 0 Å². The smallest absolute Gasteiger partial charge is 0.283 e. The molecule has 11 nitrogen and oxygen atoms in total. The molecule has 0 unspecified atom stereocenters. The van der Waals surface area contributed by atoms with Crippen molar-refractivity contribution in [1.82, 2.24) is 20.2 Å². The van der Waals surface area contributed by atoms with Crippen LogP contribution in [0.5, 0.6) is 0 Å². The molecular formula is C17H15N7O4S. The highest BCUT2D eigenvalue weighted by Gasteiger charge is 2.18. The van der Waals surface area contributed by atoms with Crippen LogP contribution in [0.4, 0.5) is 11.4 Å². The minimum atomic E-state index is -0.764. The fourth-order valence-electron chi connectivity index (χ4n) is 2.43. The first-order chi connectivity index (χ1) is 13.8. The number of hydrogen-bond acceptors (Lipinski definition) is 8. The number of nitrogens with one attached hydrogen (secondary N) is 1. The van der Waals surface area contributed by atoms with Gasteiger partial charge in [-0.05, 0) is 47.2 Å². The number of benzene rings is 2. The molecule has 2 aromatic carbocycles. The Balaban J connectivity index is 1.72. The molecule has 148 valence electrons. The highest BCUT2D eigenvalue weighted by atomic mass is 32.2. The molecule has 3 aromatic rings. The summed E-state index contributed by atoms with van der Waals surface area (Å²) in [6, 6.07) is 9.22. The fourth-order valence-corrected chi connectivity index (χ4v) is 3.24. The average molecular weight is 413 g/mol. The first-order valence-corrected chi connectivity index (χ1v) is 9.18. The van der Waals surface area contributed by atoms with Crippen molar-refractivity contribution in [3.05, 3.63) is 64.0 Å². The lowest BCUT2D eigenvalue weighted by Gasteiger charge is -2.10. The Bertz CT molecular complexity index is 1090. The van der Waals surface area contributed by atoms with Gasteiger partial charge in [0.05, 0.1) is 21.3 Å². The molecule has 3 rings (SSSR count). The number of tetrazole rings is 1. The third-order valence-corrected chi connectivity index (χ3v) is 4.97. The van der Waals surface area contributed by atoms with E-state index in [-0.39, 0.29) is 27.8 Å². The van der Waals surface area contributed by atoms with E-state index in [0.29, 0.717) is 11.4 Å². The second kappa shape index (κ2) is 8.48. The zero-order valence-electron chi connectivity index (χ0n) is 15.1. The quantitative estimate of drug-likeness (QED) is 0.336. The van der Waals surface area contributed by atoms with E-state index in [1.54, 1.807) is 12.1 Å². The van der Waals surface area contributed by atoms with Crippen LogP contribution in [0, 0.1) is 17.0 Å². The number of aryl methyl sites for hydroxylation is 1. The first-order valence-electron chi connectivity index (χ1n) is 8.20. The van der Waals surface area contributed by atoms with Gasteiger partial charge in [-0.25, -0.2) is 4.68 Å². The molecule has 2 amide bonds. The lowest BCUT2D eigenvalue weighted by molar-refractivity contribution is -0.387. The summed E-state index contributed by atoms with van der Waals surface area (Å²) in [7, 11) is 0. The number of nitrogens with zero attached hydrogens (tertiary/aromatic N) is 5. The molecule has 29 heavy (non-hydrogen) atoms. The summed E-state index contributed by atoms with van der Waals surface area (Å²) in [6.07, 6.45) is 1.43. The molecule has 0 fully saturated rings. The van der Waals surface area contributed by atoms with E-state index in [0.717, 1.165) is 23.4 Å². The molecule has 12 heteroatoms. The van der Waals surface area contributed by atoms with E-state index in [1.165, 1.54) is 23.1 Å². The summed E-state index contributed by atoms with van der Waals surface area (Å²) < 4.78 is 1.45. The van der Waals surface area contributed by atoms with Crippen molar-refractivity contribution in [2.45, 2.75) is 11.8 Å². The third kappa shape index (κ3) is 4.73. The van der Waals surface area contributed by atoms with Crippen LogP contribution in [-0.4, -0.2) is 42.7 Å². The van der Waals surface area contributed by atoms with Crippen molar-refractivity contribution < 1.29 is 14.5 Å². The van der Waals surface area contributed by atoms with E-state index < -0.39 is 10.8 Å². The second-order valence-corrected chi connectivity index (χ2v) is 6.91. The molecule has 1 heterocycles. The summed E-state index contributed by atoms with van der Waals surface area (Å²) in [5.74, 6) is -1.17. The van der Waals surface area contributed by atoms with E-state index in [4.69, 9.17) is 5.73 Å². The van der Waals surface area contributed by atoms with Crippen LogP contribution >= 0.6 is 11.8 Å². The van der Waals surface area contributed by atoms with Gasteiger partial charge in [0.15, 0.2) is 0 Å². The van der Waals surface area contributed by atoms with Crippen LogP contribution in [0.3, 0.4) is 0 Å². The van der Waals surface area contributed by atoms with E-state index in [9.17, 15) is 19.7 Å². The molecule has 0 aliphatic rings. The number of nitro benzene ring substituents is 1. The predicted octanol–water partition coefficient (Wildman–Crippen LogP) is 1.71. The van der Waals surface area contributed by atoms with Gasteiger partial charge in [-0.1, -0.05) is 6.07 Å². The molecule has 0 saturated heterocycles. The molecule has 0 aliphatic heterocycles. The number of primary amides is 1. The molecule has 3 N–H and O–H groups in total. The zero-order chi connectivity index (χ0) is 21.0. The van der Waals surface area contributed by atoms with Crippen molar-refractivity contribution in [3.63, 3.8) is 0 Å². The van der Waals surface area contributed by atoms with Gasteiger partial charge in [-0.15, -0.1) is 16.9 Å². The fraction of sp³-hybridized carbons (Fsp3) is 0.118. The van der Waals surface area contributed by atoms with Crippen LogP contribution in [0.1, 0.15) is 15.9 Å². The number of nitro groups is 1.